The van der Waals surface area contributed by atoms with Crippen molar-refractivity contribution in [2.45, 2.75) is 6.54 Å². The van der Waals surface area contributed by atoms with Crippen molar-refractivity contribution in [1.82, 2.24) is 4.57 Å². The highest BCUT2D eigenvalue weighted by Crippen LogP contribution is 1.83. The van der Waals surface area contributed by atoms with E-state index in [1.165, 1.54) is 12.1 Å². The Hall–Kier alpha value is -1.16. The van der Waals surface area contributed by atoms with Crippen LogP contribution in [0.3, 0.4) is 0 Å². The Morgan fingerprint density at radius 2 is 2.09 bits per heavy atom. The van der Waals surface area contributed by atoms with Crippen molar-refractivity contribution in [1.29, 1.82) is 0 Å². The van der Waals surface area contributed by atoms with Crippen LogP contribution < -0.4 is 11.2 Å². The first-order valence-electron chi connectivity index (χ1n) is 3.13. The molecule has 0 bridgehead atoms. The highest BCUT2D eigenvalue weighted by atomic mass is 32.1. The molecule has 0 fully saturated rings. The third-order valence-electron chi connectivity index (χ3n) is 1.20. The van der Waals surface area contributed by atoms with Crippen LogP contribution in [-0.2, 0) is 6.54 Å². The van der Waals surface area contributed by atoms with Crippen LogP contribution in [0.4, 0.5) is 0 Å². The van der Waals surface area contributed by atoms with Gasteiger partial charge >= 0.3 is 0 Å². The fourth-order valence-electron chi connectivity index (χ4n) is 0.729. The van der Waals surface area contributed by atoms with Gasteiger partial charge in [0.05, 0.1) is 11.5 Å². The minimum Gasteiger partial charge on any atom is -0.392 e. The first-order valence-corrected chi connectivity index (χ1v) is 3.54. The monoisotopic (exact) mass is 168 g/mol. The van der Waals surface area contributed by atoms with Gasteiger partial charge in [0.15, 0.2) is 5.43 Å². The molecule has 3 nitrogen and oxygen atoms in total. The van der Waals surface area contributed by atoms with Crippen LogP contribution in [-0.4, -0.2) is 9.56 Å². The average molecular weight is 168 g/mol. The molecule has 0 saturated carbocycles. The molecule has 0 aliphatic heterocycles. The third kappa shape index (κ3) is 2.51. The van der Waals surface area contributed by atoms with Crippen LogP contribution in [0.1, 0.15) is 0 Å². The van der Waals surface area contributed by atoms with Crippen molar-refractivity contribution in [3.05, 3.63) is 34.7 Å². The minimum atomic E-state index is -0.0100. The Bertz CT molecular complexity index is 298. The van der Waals surface area contributed by atoms with Gasteiger partial charge in [-0.25, -0.2) is 0 Å². The molecule has 0 saturated heterocycles. The van der Waals surface area contributed by atoms with Gasteiger partial charge in [0.25, 0.3) is 0 Å². The normalized spacial score (nSPS) is 9.45. The molecule has 1 aromatic heterocycles. The van der Waals surface area contributed by atoms with Gasteiger partial charge in [-0.3, -0.25) is 4.79 Å². The molecule has 2 N–H and O–H groups in total. The smallest absolute Gasteiger partial charge is 0.181 e. The Morgan fingerprint density at radius 1 is 1.55 bits per heavy atom. The van der Waals surface area contributed by atoms with E-state index in [4.69, 9.17) is 5.73 Å². The molecule has 0 radical (unpaired) electrons. The van der Waals surface area contributed by atoms with E-state index in [9.17, 15) is 4.79 Å². The van der Waals surface area contributed by atoms with Crippen LogP contribution in [0.15, 0.2) is 29.3 Å². The van der Waals surface area contributed by atoms with E-state index in [2.05, 4.69) is 12.2 Å². The Labute approximate surface area is 69.5 Å². The quantitative estimate of drug-likeness (QED) is 0.639. The number of thiocarbonyl (C=S) groups is 1. The standard InChI is InChI=1S/C7H8N2OS/c8-7(11)5-9-3-1-6(10)2-4-9/h1-4H,5H2,(H2,8,11). The highest BCUT2D eigenvalue weighted by molar-refractivity contribution is 7.80. The Balaban J connectivity index is 2.82. The molecule has 0 amide bonds. The molecule has 4 heteroatoms. The van der Waals surface area contributed by atoms with Crippen LogP contribution >= 0.6 is 12.2 Å². The molecule has 0 spiro atoms. The zero-order valence-electron chi connectivity index (χ0n) is 5.86. The molecule has 58 valence electrons. The van der Waals surface area contributed by atoms with Gasteiger partial charge in [-0.1, -0.05) is 12.2 Å². The second-order valence-electron chi connectivity index (χ2n) is 2.17. The maximum Gasteiger partial charge on any atom is 0.181 e. The van der Waals surface area contributed by atoms with E-state index in [1.807, 2.05) is 0 Å². The largest absolute Gasteiger partial charge is 0.392 e. The molecular weight excluding hydrogens is 160 g/mol. The van der Waals surface area contributed by atoms with Gasteiger partial charge in [-0.2, -0.15) is 0 Å². The number of aromatic nitrogens is 1. The SMILES string of the molecule is NC(=S)Cn1ccc(=O)cc1. The summed E-state index contributed by atoms with van der Waals surface area (Å²) in [5.74, 6) is 0. The summed E-state index contributed by atoms with van der Waals surface area (Å²) >= 11 is 4.69. The van der Waals surface area contributed by atoms with Crippen molar-refractivity contribution >= 4 is 17.2 Å². The van der Waals surface area contributed by atoms with E-state index < -0.39 is 0 Å². The predicted molar refractivity (Wildman–Crippen MR) is 47.5 cm³/mol. The molecule has 11 heavy (non-hydrogen) atoms. The van der Waals surface area contributed by atoms with E-state index in [0.717, 1.165) is 0 Å². The molecule has 0 aromatic carbocycles. The number of hydrogen-bond donors (Lipinski definition) is 1. The van der Waals surface area contributed by atoms with Gasteiger partial charge in [-0.15, -0.1) is 0 Å². The van der Waals surface area contributed by atoms with Gasteiger partial charge in [0, 0.05) is 24.5 Å². The lowest BCUT2D eigenvalue weighted by Gasteiger charge is -2.01. The molecular formula is C7H8N2OS. The van der Waals surface area contributed by atoms with Crippen molar-refractivity contribution < 1.29 is 0 Å². The van der Waals surface area contributed by atoms with Crippen molar-refractivity contribution in [3.8, 4) is 0 Å². The van der Waals surface area contributed by atoms with Crippen LogP contribution in [0.2, 0.25) is 0 Å². The number of hydrogen-bond acceptors (Lipinski definition) is 2. The zero-order valence-corrected chi connectivity index (χ0v) is 6.67. The lowest BCUT2D eigenvalue weighted by atomic mass is 10.4. The summed E-state index contributed by atoms with van der Waals surface area (Å²) in [7, 11) is 0. The van der Waals surface area contributed by atoms with Gasteiger partial charge in [0.2, 0.25) is 0 Å². The average Bonchev–Trinajstić information content (AvgIpc) is 1.93. The minimum absolute atomic E-state index is 0.0100. The van der Waals surface area contributed by atoms with E-state index in [-0.39, 0.29) is 5.43 Å². The summed E-state index contributed by atoms with van der Waals surface area (Å²) in [5, 5.41) is 0. The van der Waals surface area contributed by atoms with E-state index >= 15 is 0 Å². The summed E-state index contributed by atoms with van der Waals surface area (Å²) in [4.78, 5) is 11.0. The zero-order chi connectivity index (χ0) is 8.27. The molecule has 1 heterocycles. The number of rotatable bonds is 2. The number of nitrogens with two attached hydrogens (primary N) is 1. The summed E-state index contributed by atoms with van der Waals surface area (Å²) < 4.78 is 1.75. The highest BCUT2D eigenvalue weighted by Gasteiger charge is 1.89. The Kier molecular flexibility index (Phi) is 2.38. The molecule has 1 rings (SSSR count). The molecule has 0 unspecified atom stereocenters. The van der Waals surface area contributed by atoms with Gasteiger partial charge in [-0.05, 0) is 0 Å². The fraction of sp³-hybridized carbons (Fsp3) is 0.143. The van der Waals surface area contributed by atoms with Gasteiger partial charge < -0.3 is 10.3 Å². The molecule has 0 atom stereocenters. The Morgan fingerprint density at radius 3 is 2.55 bits per heavy atom. The third-order valence-corrected chi connectivity index (χ3v) is 1.33. The summed E-state index contributed by atoms with van der Waals surface area (Å²) in [6.07, 6.45) is 3.31. The maximum absolute atomic E-state index is 10.6. The number of nitrogens with zero attached hydrogens (tertiary/aromatic N) is 1. The van der Waals surface area contributed by atoms with E-state index in [0.29, 0.717) is 11.5 Å². The first kappa shape index (κ1) is 7.94. The second-order valence-corrected chi connectivity index (χ2v) is 2.70. The van der Waals surface area contributed by atoms with Crippen molar-refractivity contribution in [2.75, 3.05) is 0 Å². The maximum atomic E-state index is 10.6. The van der Waals surface area contributed by atoms with Crippen molar-refractivity contribution in [3.63, 3.8) is 0 Å². The van der Waals surface area contributed by atoms with Crippen LogP contribution in [0, 0.1) is 0 Å². The predicted octanol–water partition coefficient (Wildman–Crippen LogP) is 0.134. The topological polar surface area (TPSA) is 48.0 Å². The summed E-state index contributed by atoms with van der Waals surface area (Å²) in [6, 6.07) is 2.94. The van der Waals surface area contributed by atoms with E-state index in [1.54, 1.807) is 17.0 Å². The second kappa shape index (κ2) is 3.30. The number of pyridine rings is 1. The van der Waals surface area contributed by atoms with Gasteiger partial charge in [0.1, 0.15) is 0 Å². The van der Waals surface area contributed by atoms with Crippen LogP contribution in [0.25, 0.3) is 0 Å². The molecule has 0 aliphatic rings. The van der Waals surface area contributed by atoms with Crippen LogP contribution in [0.5, 0.6) is 0 Å². The summed E-state index contributed by atoms with van der Waals surface area (Å²) in [5.41, 5.74) is 5.28. The lowest BCUT2D eigenvalue weighted by Crippen LogP contribution is -2.17. The lowest BCUT2D eigenvalue weighted by molar-refractivity contribution is 0.843. The first-order chi connectivity index (χ1) is 5.18. The molecule has 1 aromatic rings. The fourth-order valence-corrected chi connectivity index (χ4v) is 0.878. The molecule has 0 aliphatic carbocycles. The van der Waals surface area contributed by atoms with Crippen molar-refractivity contribution in [2.24, 2.45) is 5.73 Å². The summed E-state index contributed by atoms with van der Waals surface area (Å²) in [6.45, 7) is 0.482.